The van der Waals surface area contributed by atoms with Crippen LogP contribution in [0.3, 0.4) is 0 Å². The Bertz CT molecular complexity index is 98.3. The molecule has 1 atom stereocenters. The van der Waals surface area contributed by atoms with E-state index in [2.05, 4.69) is 5.32 Å². The average Bonchev–Trinajstić information content (AvgIpc) is 1.87. The molecule has 0 aliphatic carbocycles. The van der Waals surface area contributed by atoms with Crippen molar-refractivity contribution in [1.29, 1.82) is 0 Å². The first kappa shape index (κ1) is 4.78. The maximum absolute atomic E-state index is 12.0. The van der Waals surface area contributed by atoms with E-state index in [1.54, 1.807) is 6.08 Å². The van der Waals surface area contributed by atoms with E-state index in [1.807, 2.05) is 6.92 Å². The zero-order chi connectivity index (χ0) is 5.28. The summed E-state index contributed by atoms with van der Waals surface area (Å²) in [7, 11) is 0. The Balaban J connectivity index is 2.50. The quantitative estimate of drug-likeness (QED) is 0.352. The molecule has 1 aliphatic rings. The third kappa shape index (κ3) is 0.996. The van der Waals surface area contributed by atoms with Crippen molar-refractivity contribution in [1.82, 2.24) is 5.32 Å². The summed E-state index contributed by atoms with van der Waals surface area (Å²) >= 11 is 0. The van der Waals surface area contributed by atoms with Crippen LogP contribution >= 0.6 is 0 Å². The molecule has 1 rings (SSSR count). The zero-order valence-electron chi connectivity index (χ0n) is 4.24. The SMILES string of the molecule is CC1=CC(F)NC1. The lowest BCUT2D eigenvalue weighted by Crippen LogP contribution is -2.16. The van der Waals surface area contributed by atoms with Gasteiger partial charge in [0.1, 0.15) is 0 Å². The summed E-state index contributed by atoms with van der Waals surface area (Å²) in [5, 5.41) is 2.61. The highest BCUT2D eigenvalue weighted by Crippen LogP contribution is 2.03. The van der Waals surface area contributed by atoms with E-state index in [0.717, 1.165) is 5.57 Å². The summed E-state index contributed by atoms with van der Waals surface area (Å²) in [5.74, 6) is 0. The molecule has 1 N–H and O–H groups in total. The maximum Gasteiger partial charge on any atom is 0.170 e. The Morgan fingerprint density at radius 1 is 2.00 bits per heavy atom. The summed E-state index contributed by atoms with van der Waals surface area (Å²) in [6.45, 7) is 2.62. The lowest BCUT2D eigenvalue weighted by Gasteiger charge is -1.90. The van der Waals surface area contributed by atoms with Crippen LogP contribution in [-0.2, 0) is 0 Å². The van der Waals surface area contributed by atoms with Crippen LogP contribution in [0.1, 0.15) is 6.92 Å². The topological polar surface area (TPSA) is 12.0 Å². The molecule has 1 unspecified atom stereocenters. The van der Waals surface area contributed by atoms with Gasteiger partial charge in [0.25, 0.3) is 0 Å². The molecule has 1 aliphatic heterocycles. The van der Waals surface area contributed by atoms with E-state index in [9.17, 15) is 4.39 Å². The van der Waals surface area contributed by atoms with Crippen LogP contribution in [0.25, 0.3) is 0 Å². The van der Waals surface area contributed by atoms with Crippen molar-refractivity contribution in [3.8, 4) is 0 Å². The van der Waals surface area contributed by atoms with Crippen LogP contribution in [0.4, 0.5) is 4.39 Å². The van der Waals surface area contributed by atoms with Crippen molar-refractivity contribution in [3.05, 3.63) is 11.6 Å². The highest BCUT2D eigenvalue weighted by molar-refractivity contribution is 5.09. The van der Waals surface area contributed by atoms with Gasteiger partial charge in [0, 0.05) is 6.54 Å². The Kier molecular flexibility index (Phi) is 1.11. The molecule has 40 valence electrons. The normalized spacial score (nSPS) is 30.6. The molecule has 0 aromatic heterocycles. The minimum atomic E-state index is -0.889. The largest absolute Gasteiger partial charge is 0.281 e. The van der Waals surface area contributed by atoms with Crippen LogP contribution in [0.2, 0.25) is 0 Å². The number of hydrogen-bond acceptors (Lipinski definition) is 1. The van der Waals surface area contributed by atoms with Crippen molar-refractivity contribution in [2.24, 2.45) is 0 Å². The fourth-order valence-electron chi connectivity index (χ4n) is 0.626. The van der Waals surface area contributed by atoms with Gasteiger partial charge in [-0.05, 0) is 13.0 Å². The molecule has 0 aromatic carbocycles. The second-order valence-electron chi connectivity index (χ2n) is 1.80. The van der Waals surface area contributed by atoms with Gasteiger partial charge >= 0.3 is 0 Å². The maximum atomic E-state index is 12.0. The summed E-state index contributed by atoms with van der Waals surface area (Å²) < 4.78 is 12.0. The fraction of sp³-hybridized carbons (Fsp3) is 0.600. The van der Waals surface area contributed by atoms with Gasteiger partial charge in [-0.2, -0.15) is 0 Å². The molecule has 1 heterocycles. The van der Waals surface area contributed by atoms with Gasteiger partial charge in [-0.3, -0.25) is 5.32 Å². The number of halogens is 1. The Labute approximate surface area is 42.2 Å². The zero-order valence-corrected chi connectivity index (χ0v) is 4.24. The van der Waals surface area contributed by atoms with E-state index in [1.165, 1.54) is 0 Å². The van der Waals surface area contributed by atoms with Crippen LogP contribution < -0.4 is 5.32 Å². The highest BCUT2D eigenvalue weighted by Gasteiger charge is 2.07. The summed E-state index contributed by atoms with van der Waals surface area (Å²) in [6, 6.07) is 0. The predicted octanol–water partition coefficient (Wildman–Crippen LogP) is 0.831. The first-order valence-corrected chi connectivity index (χ1v) is 2.34. The summed E-state index contributed by atoms with van der Waals surface area (Å²) in [5.41, 5.74) is 1.09. The molecule has 2 heteroatoms. The number of alkyl halides is 1. The first-order chi connectivity index (χ1) is 3.29. The standard InChI is InChI=1S/C5H8FN/c1-4-2-5(6)7-3-4/h2,5,7H,3H2,1H3. The number of rotatable bonds is 0. The number of hydrogen-bond donors (Lipinski definition) is 1. The van der Waals surface area contributed by atoms with Gasteiger partial charge in [0.15, 0.2) is 6.30 Å². The van der Waals surface area contributed by atoms with Crippen molar-refractivity contribution >= 4 is 0 Å². The fourth-order valence-corrected chi connectivity index (χ4v) is 0.626. The molecular weight excluding hydrogens is 93.1 g/mol. The lowest BCUT2D eigenvalue weighted by atomic mass is 10.3. The lowest BCUT2D eigenvalue weighted by molar-refractivity contribution is 0.360. The second-order valence-corrected chi connectivity index (χ2v) is 1.80. The summed E-state index contributed by atoms with van der Waals surface area (Å²) in [6.07, 6.45) is 0.694. The Morgan fingerprint density at radius 3 is 2.86 bits per heavy atom. The second kappa shape index (κ2) is 1.62. The highest BCUT2D eigenvalue weighted by atomic mass is 19.1. The molecule has 0 radical (unpaired) electrons. The minimum Gasteiger partial charge on any atom is -0.281 e. The van der Waals surface area contributed by atoms with Crippen LogP contribution in [-0.4, -0.2) is 12.8 Å². The molecule has 0 saturated carbocycles. The van der Waals surface area contributed by atoms with Crippen molar-refractivity contribution in [2.45, 2.75) is 13.2 Å². The molecule has 0 bridgehead atoms. The number of nitrogens with one attached hydrogen (secondary N) is 1. The molecule has 0 amide bonds. The van der Waals surface area contributed by atoms with E-state index < -0.39 is 6.30 Å². The van der Waals surface area contributed by atoms with Gasteiger partial charge in [-0.25, -0.2) is 4.39 Å². The Morgan fingerprint density at radius 2 is 2.71 bits per heavy atom. The molecule has 1 nitrogen and oxygen atoms in total. The molecule has 0 fully saturated rings. The smallest absolute Gasteiger partial charge is 0.170 e. The molecule has 0 aromatic rings. The first-order valence-electron chi connectivity index (χ1n) is 2.34. The van der Waals surface area contributed by atoms with Crippen LogP contribution in [0.15, 0.2) is 11.6 Å². The van der Waals surface area contributed by atoms with E-state index in [0.29, 0.717) is 6.54 Å². The van der Waals surface area contributed by atoms with Crippen LogP contribution in [0.5, 0.6) is 0 Å². The van der Waals surface area contributed by atoms with Gasteiger partial charge in [0.2, 0.25) is 0 Å². The van der Waals surface area contributed by atoms with E-state index in [4.69, 9.17) is 0 Å². The molecule has 0 spiro atoms. The van der Waals surface area contributed by atoms with Gasteiger partial charge in [0.05, 0.1) is 0 Å². The molecular formula is C5H8FN. The van der Waals surface area contributed by atoms with Gasteiger partial charge in [-0.15, -0.1) is 0 Å². The van der Waals surface area contributed by atoms with Crippen molar-refractivity contribution in [2.75, 3.05) is 6.54 Å². The minimum absolute atomic E-state index is 0.709. The van der Waals surface area contributed by atoms with E-state index >= 15 is 0 Å². The van der Waals surface area contributed by atoms with Crippen molar-refractivity contribution < 1.29 is 4.39 Å². The average molecular weight is 101 g/mol. The van der Waals surface area contributed by atoms with E-state index in [-0.39, 0.29) is 0 Å². The van der Waals surface area contributed by atoms with Crippen molar-refractivity contribution in [3.63, 3.8) is 0 Å². The predicted molar refractivity (Wildman–Crippen MR) is 26.7 cm³/mol. The third-order valence-electron chi connectivity index (χ3n) is 1.01. The van der Waals surface area contributed by atoms with Crippen LogP contribution in [0, 0.1) is 0 Å². The third-order valence-corrected chi connectivity index (χ3v) is 1.01. The molecule has 0 saturated heterocycles. The monoisotopic (exact) mass is 101 g/mol. The Hall–Kier alpha value is -0.370. The molecule has 7 heavy (non-hydrogen) atoms. The van der Waals surface area contributed by atoms with Gasteiger partial charge < -0.3 is 0 Å². The summed E-state index contributed by atoms with van der Waals surface area (Å²) in [4.78, 5) is 0. The van der Waals surface area contributed by atoms with Gasteiger partial charge in [-0.1, -0.05) is 5.57 Å².